The van der Waals surface area contributed by atoms with Gasteiger partial charge in [0.05, 0.1) is 0 Å². The smallest absolute Gasteiger partial charge is 0.0348 e. The molecule has 1 fully saturated rings. The molecule has 0 saturated heterocycles. The molecule has 2 atom stereocenters. The molecule has 84 valence electrons. The van der Waals surface area contributed by atoms with Crippen LogP contribution in [0, 0.1) is 11.8 Å². The van der Waals surface area contributed by atoms with Gasteiger partial charge in [0.1, 0.15) is 0 Å². The first-order valence-corrected chi connectivity index (χ1v) is 7.09. The summed E-state index contributed by atoms with van der Waals surface area (Å²) in [6.45, 7) is 5.04. The second-order valence-corrected chi connectivity index (χ2v) is 6.53. The van der Waals surface area contributed by atoms with E-state index in [4.69, 9.17) is 5.73 Å². The third kappa shape index (κ3) is 3.70. The van der Waals surface area contributed by atoms with Crippen molar-refractivity contribution in [2.45, 2.75) is 44.8 Å². The lowest BCUT2D eigenvalue weighted by atomic mass is 9.91. The van der Waals surface area contributed by atoms with Crippen LogP contribution in [0.25, 0.3) is 0 Å². The first kappa shape index (κ1) is 12.2. The summed E-state index contributed by atoms with van der Waals surface area (Å²) in [4.78, 5) is 0. The van der Waals surface area contributed by atoms with Gasteiger partial charge in [-0.25, -0.2) is 0 Å². The molecular formula is C11H23NOS. The molecule has 1 rings (SSSR count). The Morgan fingerprint density at radius 3 is 2.43 bits per heavy atom. The number of nitrogens with two attached hydrogens (primary N) is 1. The third-order valence-electron chi connectivity index (χ3n) is 3.19. The van der Waals surface area contributed by atoms with Crippen LogP contribution in [-0.4, -0.2) is 21.8 Å². The average Bonchev–Trinajstić information content (AvgIpc) is 2.18. The summed E-state index contributed by atoms with van der Waals surface area (Å²) in [7, 11) is -0.631. The second-order valence-electron chi connectivity index (χ2n) is 4.77. The minimum Gasteiger partial charge on any atom is -0.330 e. The minimum absolute atomic E-state index is 0.412. The molecule has 0 radical (unpaired) electrons. The van der Waals surface area contributed by atoms with Gasteiger partial charge < -0.3 is 5.73 Å². The maximum absolute atomic E-state index is 11.9. The lowest BCUT2D eigenvalue weighted by Gasteiger charge is -2.26. The van der Waals surface area contributed by atoms with Crippen LogP contribution in [0.15, 0.2) is 0 Å². The Morgan fingerprint density at radius 2 is 1.93 bits per heavy atom. The van der Waals surface area contributed by atoms with Gasteiger partial charge in [-0.05, 0) is 44.1 Å². The quantitative estimate of drug-likeness (QED) is 0.781. The summed E-state index contributed by atoms with van der Waals surface area (Å²) < 4.78 is 11.9. The number of rotatable bonds is 4. The zero-order chi connectivity index (χ0) is 10.6. The molecule has 2 N–H and O–H groups in total. The zero-order valence-corrected chi connectivity index (χ0v) is 10.2. The summed E-state index contributed by atoms with van der Waals surface area (Å²) >= 11 is 0. The van der Waals surface area contributed by atoms with Crippen LogP contribution in [0.5, 0.6) is 0 Å². The second kappa shape index (κ2) is 5.86. The summed E-state index contributed by atoms with van der Waals surface area (Å²) in [6, 6.07) is 0. The van der Waals surface area contributed by atoms with Gasteiger partial charge in [0.15, 0.2) is 0 Å². The highest BCUT2D eigenvalue weighted by atomic mass is 32.2. The number of hydrogen-bond acceptors (Lipinski definition) is 2. The van der Waals surface area contributed by atoms with E-state index in [0.717, 1.165) is 24.5 Å². The maximum Gasteiger partial charge on any atom is 0.0348 e. The van der Waals surface area contributed by atoms with E-state index in [0.29, 0.717) is 17.7 Å². The Balaban J connectivity index is 2.30. The van der Waals surface area contributed by atoms with Crippen LogP contribution in [-0.2, 0) is 10.8 Å². The first-order valence-electron chi connectivity index (χ1n) is 5.70. The predicted octanol–water partition coefficient (Wildman–Crippen LogP) is 1.91. The van der Waals surface area contributed by atoms with Crippen LogP contribution in [0.2, 0.25) is 0 Å². The largest absolute Gasteiger partial charge is 0.330 e. The monoisotopic (exact) mass is 217 g/mol. The van der Waals surface area contributed by atoms with Crippen LogP contribution in [0.3, 0.4) is 0 Å². The summed E-state index contributed by atoms with van der Waals surface area (Å²) in [5, 5.41) is 0.459. The number of hydrogen-bond donors (Lipinski definition) is 1. The van der Waals surface area contributed by atoms with Crippen LogP contribution >= 0.6 is 0 Å². The molecule has 3 heteroatoms. The molecule has 1 saturated carbocycles. The molecule has 0 spiro atoms. The van der Waals surface area contributed by atoms with Gasteiger partial charge in [0.2, 0.25) is 0 Å². The van der Waals surface area contributed by atoms with Crippen molar-refractivity contribution in [3.8, 4) is 0 Å². The molecular weight excluding hydrogens is 194 g/mol. The van der Waals surface area contributed by atoms with Crippen molar-refractivity contribution in [2.24, 2.45) is 17.6 Å². The fraction of sp³-hybridized carbons (Fsp3) is 1.00. The molecule has 0 aliphatic heterocycles. The SMILES string of the molecule is CC1CCC(S(=O)CC(C)CN)CC1. The van der Waals surface area contributed by atoms with Crippen molar-refractivity contribution in [1.29, 1.82) is 0 Å². The summed E-state index contributed by atoms with van der Waals surface area (Å²) in [6.07, 6.45) is 4.83. The fourth-order valence-corrected chi connectivity index (χ4v) is 3.74. The molecule has 2 unspecified atom stereocenters. The van der Waals surface area contributed by atoms with E-state index in [1.165, 1.54) is 12.8 Å². The molecule has 0 aromatic rings. The summed E-state index contributed by atoms with van der Waals surface area (Å²) in [5.74, 6) is 2.06. The molecule has 0 bridgehead atoms. The standard InChI is InChI=1S/C11H23NOS/c1-9-3-5-11(6-4-9)14(13)8-10(2)7-12/h9-11H,3-8,12H2,1-2H3. The Kier molecular flexibility index (Phi) is 5.10. The lowest BCUT2D eigenvalue weighted by molar-refractivity contribution is 0.388. The van der Waals surface area contributed by atoms with Crippen LogP contribution in [0.4, 0.5) is 0 Å². The van der Waals surface area contributed by atoms with Crippen molar-refractivity contribution < 1.29 is 4.21 Å². The topological polar surface area (TPSA) is 43.1 Å². The van der Waals surface area contributed by atoms with E-state index >= 15 is 0 Å². The van der Waals surface area contributed by atoms with Gasteiger partial charge in [0, 0.05) is 21.8 Å². The van der Waals surface area contributed by atoms with Crippen molar-refractivity contribution in [1.82, 2.24) is 0 Å². The zero-order valence-electron chi connectivity index (χ0n) is 9.37. The van der Waals surface area contributed by atoms with Crippen LogP contribution < -0.4 is 5.73 Å². The van der Waals surface area contributed by atoms with E-state index in [1.807, 2.05) is 0 Å². The third-order valence-corrected chi connectivity index (χ3v) is 5.30. The highest BCUT2D eigenvalue weighted by molar-refractivity contribution is 7.85. The van der Waals surface area contributed by atoms with Crippen molar-refractivity contribution in [3.05, 3.63) is 0 Å². The fourth-order valence-electron chi connectivity index (χ4n) is 1.98. The Bertz CT molecular complexity index is 188. The van der Waals surface area contributed by atoms with E-state index in [1.54, 1.807) is 0 Å². The molecule has 1 aliphatic rings. The van der Waals surface area contributed by atoms with Crippen molar-refractivity contribution in [2.75, 3.05) is 12.3 Å². The predicted molar refractivity (Wildman–Crippen MR) is 62.6 cm³/mol. The normalized spacial score (nSPS) is 32.5. The molecule has 2 nitrogen and oxygen atoms in total. The van der Waals surface area contributed by atoms with E-state index in [9.17, 15) is 4.21 Å². The van der Waals surface area contributed by atoms with E-state index in [2.05, 4.69) is 13.8 Å². The maximum atomic E-state index is 11.9. The van der Waals surface area contributed by atoms with E-state index in [-0.39, 0.29) is 0 Å². The molecule has 0 heterocycles. The molecule has 0 aromatic heterocycles. The highest BCUT2D eigenvalue weighted by Gasteiger charge is 2.23. The first-order chi connectivity index (χ1) is 6.63. The Hall–Kier alpha value is 0.110. The van der Waals surface area contributed by atoms with Gasteiger partial charge in [-0.3, -0.25) is 4.21 Å². The van der Waals surface area contributed by atoms with Gasteiger partial charge in [-0.15, -0.1) is 0 Å². The lowest BCUT2D eigenvalue weighted by Crippen LogP contribution is -2.27. The Morgan fingerprint density at radius 1 is 1.36 bits per heavy atom. The van der Waals surface area contributed by atoms with Gasteiger partial charge >= 0.3 is 0 Å². The van der Waals surface area contributed by atoms with Crippen molar-refractivity contribution in [3.63, 3.8) is 0 Å². The van der Waals surface area contributed by atoms with Crippen LogP contribution in [0.1, 0.15) is 39.5 Å². The van der Waals surface area contributed by atoms with Gasteiger partial charge in [0.25, 0.3) is 0 Å². The average molecular weight is 217 g/mol. The van der Waals surface area contributed by atoms with E-state index < -0.39 is 10.8 Å². The molecule has 0 aromatic carbocycles. The Labute approximate surface area is 90.1 Å². The molecule has 0 amide bonds. The minimum atomic E-state index is -0.631. The molecule has 14 heavy (non-hydrogen) atoms. The van der Waals surface area contributed by atoms with Gasteiger partial charge in [-0.2, -0.15) is 0 Å². The van der Waals surface area contributed by atoms with Gasteiger partial charge in [-0.1, -0.05) is 13.8 Å². The van der Waals surface area contributed by atoms with Crippen molar-refractivity contribution >= 4 is 10.8 Å². The molecule has 1 aliphatic carbocycles. The highest BCUT2D eigenvalue weighted by Crippen LogP contribution is 2.27. The summed E-state index contributed by atoms with van der Waals surface area (Å²) in [5.41, 5.74) is 5.54.